The van der Waals surface area contributed by atoms with E-state index in [4.69, 9.17) is 4.74 Å². The van der Waals surface area contributed by atoms with Crippen molar-refractivity contribution in [2.45, 2.75) is 53.4 Å². The molecule has 0 N–H and O–H groups in total. The number of carbonyl (C=O) groups excluding carboxylic acids is 3. The fraction of sp³-hybridized carbons (Fsp3) is 0.812. The number of ketones is 2. The second-order valence-electron chi connectivity index (χ2n) is 6.44. The van der Waals surface area contributed by atoms with Gasteiger partial charge in [0.25, 0.3) is 0 Å². The van der Waals surface area contributed by atoms with Crippen molar-refractivity contribution in [1.29, 1.82) is 0 Å². The summed E-state index contributed by atoms with van der Waals surface area (Å²) in [4.78, 5) is 36.3. The molecule has 0 aromatic rings. The molecule has 0 aromatic heterocycles. The Morgan fingerprint density at radius 3 is 2.40 bits per heavy atom. The molecule has 4 heteroatoms. The van der Waals surface area contributed by atoms with Crippen LogP contribution in [0.25, 0.3) is 0 Å². The Kier molecular flexibility index (Phi) is 5.49. The SMILES string of the molecule is COC(=O)CC(C)C1(C(=O)C(C)C)CC[C@@H](C)C(=O)C1. The van der Waals surface area contributed by atoms with E-state index < -0.39 is 5.41 Å². The van der Waals surface area contributed by atoms with E-state index >= 15 is 0 Å². The maximum Gasteiger partial charge on any atom is 0.305 e. The largest absolute Gasteiger partial charge is 0.469 e. The number of esters is 1. The lowest BCUT2D eigenvalue weighted by atomic mass is 9.59. The molecule has 0 saturated heterocycles. The molecule has 0 radical (unpaired) electrons. The highest BCUT2D eigenvalue weighted by Gasteiger charge is 2.49. The minimum Gasteiger partial charge on any atom is -0.469 e. The van der Waals surface area contributed by atoms with Gasteiger partial charge in [0, 0.05) is 30.1 Å². The normalized spacial score (nSPS) is 28.3. The molecule has 1 fully saturated rings. The minimum atomic E-state index is -0.689. The average molecular weight is 282 g/mol. The smallest absolute Gasteiger partial charge is 0.305 e. The van der Waals surface area contributed by atoms with Gasteiger partial charge in [-0.25, -0.2) is 0 Å². The van der Waals surface area contributed by atoms with Gasteiger partial charge in [0.2, 0.25) is 0 Å². The van der Waals surface area contributed by atoms with Gasteiger partial charge in [-0.2, -0.15) is 0 Å². The second kappa shape index (κ2) is 6.51. The molecule has 20 heavy (non-hydrogen) atoms. The van der Waals surface area contributed by atoms with Crippen LogP contribution in [0.5, 0.6) is 0 Å². The van der Waals surface area contributed by atoms with Gasteiger partial charge in [-0.3, -0.25) is 14.4 Å². The van der Waals surface area contributed by atoms with Gasteiger partial charge < -0.3 is 4.74 Å². The lowest BCUT2D eigenvalue weighted by Gasteiger charge is -2.42. The van der Waals surface area contributed by atoms with Crippen molar-refractivity contribution in [2.75, 3.05) is 7.11 Å². The summed E-state index contributed by atoms with van der Waals surface area (Å²) in [6.45, 7) is 7.52. The molecule has 1 saturated carbocycles. The first-order valence-electron chi connectivity index (χ1n) is 7.38. The summed E-state index contributed by atoms with van der Waals surface area (Å²) < 4.78 is 4.71. The highest BCUT2D eigenvalue weighted by atomic mass is 16.5. The first-order chi connectivity index (χ1) is 9.24. The molecule has 2 unspecified atom stereocenters. The predicted octanol–water partition coefficient (Wildman–Crippen LogP) is 2.79. The molecule has 1 aliphatic rings. The van der Waals surface area contributed by atoms with E-state index in [1.807, 2.05) is 27.7 Å². The maximum atomic E-state index is 12.7. The lowest BCUT2D eigenvalue weighted by molar-refractivity contribution is -0.150. The standard InChI is InChI=1S/C16H26O4/c1-10(2)15(19)16(12(4)8-14(18)20-5)7-6-11(3)13(17)9-16/h10-12H,6-9H2,1-5H3/t11-,12?,16?/m1/s1. The zero-order valence-electron chi connectivity index (χ0n) is 13.2. The fourth-order valence-corrected chi connectivity index (χ4v) is 3.19. The van der Waals surface area contributed by atoms with Crippen LogP contribution in [0.2, 0.25) is 0 Å². The summed E-state index contributed by atoms with van der Waals surface area (Å²) in [6.07, 6.45) is 1.87. The van der Waals surface area contributed by atoms with Crippen LogP contribution in [0.15, 0.2) is 0 Å². The van der Waals surface area contributed by atoms with Crippen molar-refractivity contribution in [3.05, 3.63) is 0 Å². The predicted molar refractivity (Wildman–Crippen MR) is 76.1 cm³/mol. The number of rotatable bonds is 5. The van der Waals surface area contributed by atoms with E-state index in [1.54, 1.807) is 0 Å². The van der Waals surface area contributed by atoms with Crippen molar-refractivity contribution >= 4 is 17.5 Å². The Labute approximate surface area is 121 Å². The summed E-state index contributed by atoms with van der Waals surface area (Å²) in [5.74, 6) is -0.346. The van der Waals surface area contributed by atoms with E-state index in [2.05, 4.69) is 0 Å². The molecule has 0 aromatic carbocycles. The molecule has 0 spiro atoms. The lowest BCUT2D eigenvalue weighted by Crippen LogP contribution is -2.46. The van der Waals surface area contributed by atoms with E-state index in [9.17, 15) is 14.4 Å². The molecular weight excluding hydrogens is 256 g/mol. The van der Waals surface area contributed by atoms with Crippen molar-refractivity contribution in [1.82, 2.24) is 0 Å². The van der Waals surface area contributed by atoms with Gasteiger partial charge in [-0.1, -0.05) is 27.7 Å². The van der Waals surface area contributed by atoms with Gasteiger partial charge in [0.05, 0.1) is 7.11 Å². The Hall–Kier alpha value is -1.19. The minimum absolute atomic E-state index is 0.0217. The Morgan fingerprint density at radius 1 is 1.35 bits per heavy atom. The van der Waals surface area contributed by atoms with Crippen molar-refractivity contribution in [3.8, 4) is 0 Å². The number of carbonyl (C=O) groups is 3. The van der Waals surface area contributed by atoms with Gasteiger partial charge in [-0.15, -0.1) is 0 Å². The molecule has 1 aliphatic carbocycles. The van der Waals surface area contributed by atoms with Crippen LogP contribution in [0, 0.1) is 23.2 Å². The van der Waals surface area contributed by atoms with Gasteiger partial charge >= 0.3 is 5.97 Å². The summed E-state index contributed by atoms with van der Waals surface area (Å²) in [5, 5.41) is 0. The Balaban J connectivity index is 3.05. The molecule has 114 valence electrons. The van der Waals surface area contributed by atoms with Gasteiger partial charge in [-0.05, 0) is 18.8 Å². The maximum absolute atomic E-state index is 12.7. The Morgan fingerprint density at radius 2 is 1.95 bits per heavy atom. The molecule has 4 nitrogen and oxygen atoms in total. The molecule has 3 atom stereocenters. The average Bonchev–Trinajstić information content (AvgIpc) is 2.40. The number of ether oxygens (including phenoxy) is 1. The fourth-order valence-electron chi connectivity index (χ4n) is 3.19. The summed E-state index contributed by atoms with van der Waals surface area (Å²) in [7, 11) is 1.35. The number of methoxy groups -OCH3 is 1. The van der Waals surface area contributed by atoms with Crippen LogP contribution in [0.3, 0.4) is 0 Å². The van der Waals surface area contributed by atoms with Gasteiger partial charge in [0.1, 0.15) is 11.6 Å². The molecule has 1 rings (SSSR count). The third-order valence-electron chi connectivity index (χ3n) is 4.72. The van der Waals surface area contributed by atoms with Crippen LogP contribution in [0.1, 0.15) is 53.4 Å². The molecule has 0 aliphatic heterocycles. The van der Waals surface area contributed by atoms with Crippen LogP contribution >= 0.6 is 0 Å². The molecule has 0 amide bonds. The quantitative estimate of drug-likeness (QED) is 0.727. The Bertz CT molecular complexity index is 399. The van der Waals surface area contributed by atoms with Crippen LogP contribution in [0.4, 0.5) is 0 Å². The topological polar surface area (TPSA) is 60.4 Å². The highest BCUT2D eigenvalue weighted by Crippen LogP contribution is 2.46. The zero-order chi connectivity index (χ0) is 15.5. The molecule has 0 bridgehead atoms. The van der Waals surface area contributed by atoms with Crippen LogP contribution in [-0.4, -0.2) is 24.6 Å². The van der Waals surface area contributed by atoms with Gasteiger partial charge in [0.15, 0.2) is 0 Å². The summed E-state index contributed by atoms with van der Waals surface area (Å²) >= 11 is 0. The van der Waals surface area contributed by atoms with E-state index in [1.165, 1.54) is 7.11 Å². The first kappa shape index (κ1) is 16.9. The highest BCUT2D eigenvalue weighted by molar-refractivity contribution is 5.94. The van der Waals surface area contributed by atoms with E-state index in [-0.39, 0.29) is 48.1 Å². The third-order valence-corrected chi connectivity index (χ3v) is 4.72. The van der Waals surface area contributed by atoms with Crippen LogP contribution in [-0.2, 0) is 19.1 Å². The summed E-state index contributed by atoms with van der Waals surface area (Å²) in [5.41, 5.74) is -0.689. The molecule has 0 heterocycles. The number of hydrogen-bond donors (Lipinski definition) is 0. The third kappa shape index (κ3) is 3.28. The number of Topliss-reactive ketones (excluding diaryl/α,β-unsaturated/α-hetero) is 2. The summed E-state index contributed by atoms with van der Waals surface area (Å²) in [6, 6.07) is 0. The molecular formula is C16H26O4. The zero-order valence-corrected chi connectivity index (χ0v) is 13.2. The van der Waals surface area contributed by atoms with E-state index in [0.717, 1.165) is 6.42 Å². The van der Waals surface area contributed by atoms with Crippen LogP contribution < -0.4 is 0 Å². The first-order valence-corrected chi connectivity index (χ1v) is 7.38. The second-order valence-corrected chi connectivity index (χ2v) is 6.44. The van der Waals surface area contributed by atoms with E-state index in [0.29, 0.717) is 6.42 Å². The van der Waals surface area contributed by atoms with Crippen molar-refractivity contribution in [2.24, 2.45) is 23.2 Å². The van der Waals surface area contributed by atoms with Crippen molar-refractivity contribution in [3.63, 3.8) is 0 Å². The monoisotopic (exact) mass is 282 g/mol. The van der Waals surface area contributed by atoms with Crippen molar-refractivity contribution < 1.29 is 19.1 Å². The number of hydrogen-bond acceptors (Lipinski definition) is 4.